The molecular formula is C16H20BrFIN5S. The van der Waals surface area contributed by atoms with E-state index in [9.17, 15) is 4.39 Å². The average molecular weight is 540 g/mol. The number of nitrogens with zero attached hydrogens (tertiary/aromatic N) is 4. The Morgan fingerprint density at radius 2 is 2.08 bits per heavy atom. The third-order valence-electron chi connectivity index (χ3n) is 3.95. The maximum Gasteiger partial charge on any atom is 0.191 e. The highest BCUT2D eigenvalue weighted by atomic mass is 127. The predicted octanol–water partition coefficient (Wildman–Crippen LogP) is 3.34. The first-order valence-electron chi connectivity index (χ1n) is 7.77. The fraction of sp³-hybridized carbons (Fsp3) is 0.375. The topological polar surface area (TPSA) is 57.8 Å². The van der Waals surface area contributed by atoms with Crippen molar-refractivity contribution in [3.05, 3.63) is 45.6 Å². The molecule has 0 spiro atoms. The first kappa shape index (κ1) is 20.4. The molecule has 9 heteroatoms. The van der Waals surface area contributed by atoms with E-state index >= 15 is 0 Å². The summed E-state index contributed by atoms with van der Waals surface area (Å²) < 4.78 is 13.7. The van der Waals surface area contributed by atoms with Gasteiger partial charge in [-0.3, -0.25) is 4.99 Å². The Bertz CT molecular complexity index is 705. The van der Waals surface area contributed by atoms with Crippen molar-refractivity contribution in [2.45, 2.75) is 6.42 Å². The lowest BCUT2D eigenvalue weighted by atomic mass is 10.1. The SMILES string of the molecule is I.NC(=NCCc1ccc(F)c(Br)c1)N1CCN(c2nccs2)CC1. The molecule has 2 heterocycles. The number of piperazine rings is 1. The van der Waals surface area contributed by atoms with Crippen LogP contribution in [0, 0.1) is 5.82 Å². The van der Waals surface area contributed by atoms with Gasteiger partial charge in [-0.15, -0.1) is 35.3 Å². The lowest BCUT2D eigenvalue weighted by Crippen LogP contribution is -2.51. The standard InChI is InChI=1S/C16H19BrFN5S.HI/c17-13-11-12(1-2-14(13)18)3-4-20-15(19)22-6-8-23(9-7-22)16-21-5-10-24-16;/h1-2,5,10-11H,3-4,6-9H2,(H2,19,20);1H. The Hall–Kier alpha value is -0.940. The van der Waals surface area contributed by atoms with E-state index in [1.807, 2.05) is 11.6 Å². The van der Waals surface area contributed by atoms with Crippen molar-refractivity contribution in [1.29, 1.82) is 0 Å². The maximum absolute atomic E-state index is 13.2. The third-order valence-corrected chi connectivity index (χ3v) is 5.39. The quantitative estimate of drug-likeness (QED) is 0.368. The van der Waals surface area contributed by atoms with Crippen LogP contribution in [0.15, 0.2) is 39.2 Å². The van der Waals surface area contributed by atoms with E-state index in [2.05, 4.69) is 35.7 Å². The molecular weight excluding hydrogens is 520 g/mol. The summed E-state index contributed by atoms with van der Waals surface area (Å²) in [6.45, 7) is 4.08. The smallest absolute Gasteiger partial charge is 0.191 e. The predicted molar refractivity (Wildman–Crippen MR) is 116 cm³/mol. The number of anilines is 1. The molecule has 1 aromatic carbocycles. The molecule has 1 aliphatic heterocycles. The Labute approximate surface area is 176 Å². The van der Waals surface area contributed by atoms with E-state index in [-0.39, 0.29) is 29.8 Å². The molecule has 2 N–H and O–H groups in total. The number of benzene rings is 1. The Morgan fingerprint density at radius 1 is 1.32 bits per heavy atom. The van der Waals surface area contributed by atoms with E-state index in [1.54, 1.807) is 23.5 Å². The lowest BCUT2D eigenvalue weighted by molar-refractivity contribution is 0.380. The van der Waals surface area contributed by atoms with Crippen molar-refractivity contribution in [1.82, 2.24) is 9.88 Å². The van der Waals surface area contributed by atoms with Gasteiger partial charge in [-0.25, -0.2) is 9.37 Å². The van der Waals surface area contributed by atoms with Gasteiger partial charge in [0.2, 0.25) is 0 Å². The van der Waals surface area contributed by atoms with Crippen LogP contribution in [0.5, 0.6) is 0 Å². The zero-order valence-electron chi connectivity index (χ0n) is 13.6. The van der Waals surface area contributed by atoms with E-state index in [4.69, 9.17) is 5.73 Å². The van der Waals surface area contributed by atoms with E-state index in [0.29, 0.717) is 17.0 Å². The molecule has 0 atom stereocenters. The second kappa shape index (κ2) is 9.67. The first-order chi connectivity index (χ1) is 11.6. The Kier molecular flexibility index (Phi) is 7.88. The summed E-state index contributed by atoms with van der Waals surface area (Å²) in [7, 11) is 0. The molecule has 1 saturated heterocycles. The van der Waals surface area contributed by atoms with Gasteiger partial charge in [0.25, 0.3) is 0 Å². The molecule has 5 nitrogen and oxygen atoms in total. The summed E-state index contributed by atoms with van der Waals surface area (Å²) >= 11 is 4.86. The summed E-state index contributed by atoms with van der Waals surface area (Å²) in [5.41, 5.74) is 7.14. The van der Waals surface area contributed by atoms with Crippen LogP contribution in [-0.4, -0.2) is 48.6 Å². The molecule has 136 valence electrons. The second-order valence-electron chi connectivity index (χ2n) is 5.53. The molecule has 1 aliphatic rings. The molecule has 0 bridgehead atoms. The van der Waals surface area contributed by atoms with Gasteiger partial charge in [0.15, 0.2) is 11.1 Å². The second-order valence-corrected chi connectivity index (χ2v) is 7.25. The van der Waals surface area contributed by atoms with E-state index in [1.165, 1.54) is 6.07 Å². The minimum atomic E-state index is -0.250. The average Bonchev–Trinajstić information content (AvgIpc) is 3.13. The normalized spacial score (nSPS) is 15.2. The van der Waals surface area contributed by atoms with Crippen LogP contribution in [0.3, 0.4) is 0 Å². The number of aromatic nitrogens is 1. The molecule has 0 saturated carbocycles. The summed E-state index contributed by atoms with van der Waals surface area (Å²) in [5, 5.41) is 3.05. The Morgan fingerprint density at radius 3 is 2.72 bits per heavy atom. The molecule has 0 radical (unpaired) electrons. The van der Waals surface area contributed by atoms with Crippen molar-refractivity contribution in [3.8, 4) is 0 Å². The van der Waals surface area contributed by atoms with E-state index in [0.717, 1.165) is 43.3 Å². The monoisotopic (exact) mass is 539 g/mol. The van der Waals surface area contributed by atoms with Crippen molar-refractivity contribution >= 4 is 62.3 Å². The van der Waals surface area contributed by atoms with Crippen LogP contribution in [0.25, 0.3) is 0 Å². The molecule has 1 fully saturated rings. The van der Waals surface area contributed by atoms with Crippen LogP contribution in [0.4, 0.5) is 9.52 Å². The van der Waals surface area contributed by atoms with Crippen LogP contribution >= 0.6 is 51.2 Å². The lowest BCUT2D eigenvalue weighted by Gasteiger charge is -2.35. The zero-order chi connectivity index (χ0) is 16.9. The van der Waals surface area contributed by atoms with Gasteiger partial charge >= 0.3 is 0 Å². The Balaban J connectivity index is 0.00000225. The highest BCUT2D eigenvalue weighted by molar-refractivity contribution is 14.0. The highest BCUT2D eigenvalue weighted by Gasteiger charge is 2.19. The molecule has 25 heavy (non-hydrogen) atoms. The molecule has 0 aliphatic carbocycles. The van der Waals surface area contributed by atoms with Crippen molar-refractivity contribution in [3.63, 3.8) is 0 Å². The zero-order valence-corrected chi connectivity index (χ0v) is 18.3. The summed E-state index contributed by atoms with van der Waals surface area (Å²) in [4.78, 5) is 13.2. The summed E-state index contributed by atoms with van der Waals surface area (Å²) in [6.07, 6.45) is 2.56. The highest BCUT2D eigenvalue weighted by Crippen LogP contribution is 2.19. The van der Waals surface area contributed by atoms with Crippen LogP contribution in [0.2, 0.25) is 0 Å². The van der Waals surface area contributed by atoms with Gasteiger partial charge in [-0.2, -0.15) is 0 Å². The first-order valence-corrected chi connectivity index (χ1v) is 9.44. The van der Waals surface area contributed by atoms with Gasteiger partial charge in [0.1, 0.15) is 5.82 Å². The van der Waals surface area contributed by atoms with Gasteiger partial charge < -0.3 is 15.5 Å². The van der Waals surface area contributed by atoms with Crippen LogP contribution < -0.4 is 10.6 Å². The number of hydrogen-bond acceptors (Lipinski definition) is 4. The number of guanidine groups is 1. The molecule has 0 amide bonds. The molecule has 1 aromatic heterocycles. The largest absolute Gasteiger partial charge is 0.370 e. The van der Waals surface area contributed by atoms with E-state index < -0.39 is 0 Å². The van der Waals surface area contributed by atoms with Crippen LogP contribution in [0.1, 0.15) is 5.56 Å². The van der Waals surface area contributed by atoms with Crippen molar-refractivity contribution < 1.29 is 4.39 Å². The minimum absolute atomic E-state index is 0. The fourth-order valence-electron chi connectivity index (χ4n) is 2.59. The number of nitrogens with two attached hydrogens (primary N) is 1. The number of hydrogen-bond donors (Lipinski definition) is 1. The molecule has 0 unspecified atom stereocenters. The molecule has 2 aromatic rings. The van der Waals surface area contributed by atoms with Gasteiger partial charge in [0.05, 0.1) is 4.47 Å². The maximum atomic E-state index is 13.2. The summed E-state index contributed by atoms with van der Waals surface area (Å²) in [6, 6.07) is 5.02. The minimum Gasteiger partial charge on any atom is -0.370 e. The number of thiazole rings is 1. The number of rotatable bonds is 4. The van der Waals surface area contributed by atoms with Crippen molar-refractivity contribution in [2.24, 2.45) is 10.7 Å². The fourth-order valence-corrected chi connectivity index (χ4v) is 3.72. The van der Waals surface area contributed by atoms with Gasteiger partial charge in [-0.05, 0) is 40.0 Å². The van der Waals surface area contributed by atoms with Gasteiger partial charge in [-0.1, -0.05) is 6.07 Å². The van der Waals surface area contributed by atoms with Gasteiger partial charge in [0, 0.05) is 44.3 Å². The van der Waals surface area contributed by atoms with Crippen LogP contribution in [-0.2, 0) is 6.42 Å². The third kappa shape index (κ3) is 5.52. The summed E-state index contributed by atoms with van der Waals surface area (Å²) in [5.74, 6) is 0.329. The number of aliphatic imine (C=N–C) groups is 1. The number of halogens is 3. The molecule has 3 rings (SSSR count). The van der Waals surface area contributed by atoms with Crippen molar-refractivity contribution in [2.75, 3.05) is 37.6 Å².